The lowest BCUT2D eigenvalue weighted by Crippen LogP contribution is -2.12. The SMILES string of the molecule is O=C1NCC(c2cnn3ccccc23)O1. The predicted molar refractivity (Wildman–Crippen MR) is 52.4 cm³/mol. The maximum atomic E-state index is 10.9. The minimum absolute atomic E-state index is 0.225. The van der Waals surface area contributed by atoms with E-state index < -0.39 is 0 Å². The van der Waals surface area contributed by atoms with Crippen LogP contribution in [0.2, 0.25) is 0 Å². The minimum Gasteiger partial charge on any atom is -0.439 e. The number of hydrogen-bond acceptors (Lipinski definition) is 3. The molecular weight excluding hydrogens is 194 g/mol. The Hall–Kier alpha value is -2.04. The van der Waals surface area contributed by atoms with Crippen LogP contribution in [-0.4, -0.2) is 22.3 Å². The summed E-state index contributed by atoms with van der Waals surface area (Å²) < 4.78 is 6.88. The van der Waals surface area contributed by atoms with E-state index >= 15 is 0 Å². The Kier molecular flexibility index (Phi) is 1.65. The van der Waals surface area contributed by atoms with Crippen molar-refractivity contribution in [2.75, 3.05) is 6.54 Å². The third-order valence-electron chi connectivity index (χ3n) is 2.48. The second kappa shape index (κ2) is 2.98. The van der Waals surface area contributed by atoms with Crippen LogP contribution in [0.4, 0.5) is 4.79 Å². The lowest BCUT2D eigenvalue weighted by atomic mass is 10.1. The van der Waals surface area contributed by atoms with Gasteiger partial charge in [-0.25, -0.2) is 9.31 Å². The topological polar surface area (TPSA) is 55.6 Å². The average Bonchev–Trinajstić information content (AvgIpc) is 2.83. The van der Waals surface area contributed by atoms with Gasteiger partial charge in [-0.3, -0.25) is 0 Å². The van der Waals surface area contributed by atoms with Crippen molar-refractivity contribution in [2.45, 2.75) is 6.10 Å². The molecule has 5 nitrogen and oxygen atoms in total. The van der Waals surface area contributed by atoms with E-state index in [-0.39, 0.29) is 12.2 Å². The molecule has 0 aliphatic carbocycles. The van der Waals surface area contributed by atoms with Crippen LogP contribution in [0, 0.1) is 0 Å². The summed E-state index contributed by atoms with van der Waals surface area (Å²) in [6, 6.07) is 5.79. The molecule has 3 rings (SSSR count). The zero-order valence-electron chi connectivity index (χ0n) is 7.88. The van der Waals surface area contributed by atoms with E-state index in [9.17, 15) is 4.79 Å². The lowest BCUT2D eigenvalue weighted by Gasteiger charge is -2.04. The molecule has 76 valence electrons. The number of cyclic esters (lactones) is 1. The third kappa shape index (κ3) is 1.24. The van der Waals surface area contributed by atoms with Crippen LogP contribution in [0.5, 0.6) is 0 Å². The average molecular weight is 203 g/mol. The Morgan fingerprint density at radius 2 is 2.47 bits per heavy atom. The van der Waals surface area contributed by atoms with Gasteiger partial charge in [0.2, 0.25) is 0 Å². The second-order valence-electron chi connectivity index (χ2n) is 3.41. The maximum absolute atomic E-state index is 10.9. The Labute approximate surface area is 85.7 Å². The molecular formula is C10H9N3O2. The van der Waals surface area contributed by atoms with Crippen molar-refractivity contribution in [2.24, 2.45) is 0 Å². The van der Waals surface area contributed by atoms with Crippen LogP contribution in [0.25, 0.3) is 5.52 Å². The Balaban J connectivity index is 2.07. The van der Waals surface area contributed by atoms with E-state index in [1.807, 2.05) is 24.4 Å². The van der Waals surface area contributed by atoms with E-state index in [1.165, 1.54) is 0 Å². The predicted octanol–water partition coefficient (Wildman–Crippen LogP) is 1.12. The van der Waals surface area contributed by atoms with E-state index in [1.54, 1.807) is 10.7 Å². The van der Waals surface area contributed by atoms with Gasteiger partial charge in [0.25, 0.3) is 0 Å². The number of pyridine rings is 1. The first kappa shape index (κ1) is 8.28. The van der Waals surface area contributed by atoms with Gasteiger partial charge < -0.3 is 10.1 Å². The lowest BCUT2D eigenvalue weighted by molar-refractivity contribution is 0.141. The summed E-state index contributed by atoms with van der Waals surface area (Å²) in [4.78, 5) is 10.9. The number of hydrogen-bond donors (Lipinski definition) is 1. The molecule has 0 spiro atoms. The Bertz CT molecular complexity index is 520. The van der Waals surface area contributed by atoms with Crippen LogP contribution in [0.15, 0.2) is 30.6 Å². The molecule has 2 aromatic rings. The number of alkyl carbamates (subject to hydrolysis) is 1. The number of nitrogens with one attached hydrogen (secondary N) is 1. The van der Waals surface area contributed by atoms with Gasteiger partial charge in [0.1, 0.15) is 6.10 Å². The first-order valence-corrected chi connectivity index (χ1v) is 4.71. The van der Waals surface area contributed by atoms with Gasteiger partial charge in [-0.1, -0.05) is 6.07 Å². The third-order valence-corrected chi connectivity index (χ3v) is 2.48. The number of carbonyl (C=O) groups excluding carboxylic acids is 1. The summed E-state index contributed by atoms with van der Waals surface area (Å²) in [6.07, 6.45) is 3.01. The van der Waals surface area contributed by atoms with Crippen molar-refractivity contribution in [1.29, 1.82) is 0 Å². The molecule has 1 amide bonds. The smallest absolute Gasteiger partial charge is 0.407 e. The summed E-state index contributed by atoms with van der Waals surface area (Å²) in [5.41, 5.74) is 1.91. The quantitative estimate of drug-likeness (QED) is 0.755. The molecule has 1 fully saturated rings. The molecule has 1 aliphatic rings. The van der Waals surface area contributed by atoms with Gasteiger partial charge in [0, 0.05) is 11.8 Å². The Morgan fingerprint density at radius 1 is 1.53 bits per heavy atom. The van der Waals surface area contributed by atoms with Crippen molar-refractivity contribution in [3.8, 4) is 0 Å². The van der Waals surface area contributed by atoms with Crippen LogP contribution in [0.1, 0.15) is 11.7 Å². The van der Waals surface area contributed by atoms with Gasteiger partial charge in [-0.15, -0.1) is 0 Å². The number of fused-ring (bicyclic) bond motifs is 1. The number of carbonyl (C=O) groups is 1. The van der Waals surface area contributed by atoms with E-state index in [2.05, 4.69) is 10.4 Å². The number of ether oxygens (including phenoxy) is 1. The highest BCUT2D eigenvalue weighted by Crippen LogP contribution is 2.24. The molecule has 15 heavy (non-hydrogen) atoms. The van der Waals surface area contributed by atoms with Crippen LogP contribution < -0.4 is 5.32 Å². The fraction of sp³-hybridized carbons (Fsp3) is 0.200. The minimum atomic E-state index is -0.365. The molecule has 0 bridgehead atoms. The standard InChI is InChI=1S/C10H9N3O2/c14-10-11-6-9(15-10)7-5-12-13-4-2-1-3-8(7)13/h1-5,9H,6H2,(H,11,14). The summed E-state index contributed by atoms with van der Waals surface area (Å²) in [5.74, 6) is 0. The molecule has 1 unspecified atom stereocenters. The zero-order valence-corrected chi connectivity index (χ0v) is 7.88. The number of aromatic nitrogens is 2. The molecule has 1 atom stereocenters. The molecule has 5 heteroatoms. The molecule has 1 N–H and O–H groups in total. The van der Waals surface area contributed by atoms with Crippen molar-refractivity contribution < 1.29 is 9.53 Å². The van der Waals surface area contributed by atoms with Crippen LogP contribution >= 0.6 is 0 Å². The molecule has 0 saturated carbocycles. The van der Waals surface area contributed by atoms with Crippen molar-refractivity contribution >= 4 is 11.6 Å². The molecule has 3 heterocycles. The summed E-state index contributed by atoms with van der Waals surface area (Å²) in [7, 11) is 0. The van der Waals surface area contributed by atoms with Gasteiger partial charge >= 0.3 is 6.09 Å². The fourth-order valence-corrected chi connectivity index (χ4v) is 1.76. The molecule has 1 saturated heterocycles. The molecule has 0 aromatic carbocycles. The summed E-state index contributed by atoms with van der Waals surface area (Å²) in [5, 5.41) is 6.81. The van der Waals surface area contributed by atoms with E-state index in [4.69, 9.17) is 4.74 Å². The number of rotatable bonds is 1. The normalized spacial score (nSPS) is 20.3. The largest absolute Gasteiger partial charge is 0.439 e. The van der Waals surface area contributed by atoms with Gasteiger partial charge in [-0.2, -0.15) is 5.10 Å². The number of amides is 1. The monoisotopic (exact) mass is 203 g/mol. The first-order valence-electron chi connectivity index (χ1n) is 4.71. The van der Waals surface area contributed by atoms with Gasteiger partial charge in [-0.05, 0) is 12.1 Å². The fourth-order valence-electron chi connectivity index (χ4n) is 1.76. The van der Waals surface area contributed by atoms with Crippen molar-refractivity contribution in [3.05, 3.63) is 36.2 Å². The van der Waals surface area contributed by atoms with Crippen molar-refractivity contribution in [3.63, 3.8) is 0 Å². The highest BCUT2D eigenvalue weighted by Gasteiger charge is 2.26. The highest BCUT2D eigenvalue weighted by molar-refractivity contribution is 5.70. The number of nitrogens with zero attached hydrogens (tertiary/aromatic N) is 2. The molecule has 0 radical (unpaired) electrons. The molecule has 1 aliphatic heterocycles. The van der Waals surface area contributed by atoms with Crippen molar-refractivity contribution in [1.82, 2.24) is 14.9 Å². The highest BCUT2D eigenvalue weighted by atomic mass is 16.6. The van der Waals surface area contributed by atoms with E-state index in [0.29, 0.717) is 6.54 Å². The van der Waals surface area contributed by atoms with Gasteiger partial charge in [0.05, 0.1) is 18.3 Å². The Morgan fingerprint density at radius 3 is 3.27 bits per heavy atom. The molecule has 2 aromatic heterocycles. The van der Waals surface area contributed by atoms with Crippen LogP contribution in [-0.2, 0) is 4.74 Å². The van der Waals surface area contributed by atoms with Gasteiger partial charge in [0.15, 0.2) is 0 Å². The summed E-state index contributed by atoms with van der Waals surface area (Å²) in [6.45, 7) is 0.509. The van der Waals surface area contributed by atoms with E-state index in [0.717, 1.165) is 11.1 Å². The second-order valence-corrected chi connectivity index (χ2v) is 3.41. The van der Waals surface area contributed by atoms with Crippen LogP contribution in [0.3, 0.4) is 0 Å². The zero-order chi connectivity index (χ0) is 10.3. The maximum Gasteiger partial charge on any atom is 0.407 e. The first-order chi connectivity index (χ1) is 7.34. The summed E-state index contributed by atoms with van der Waals surface area (Å²) >= 11 is 0.